The van der Waals surface area contributed by atoms with Gasteiger partial charge in [0.25, 0.3) is 10.0 Å². The Balaban J connectivity index is 1.33. The number of aromatic nitrogens is 5. The van der Waals surface area contributed by atoms with Crippen LogP contribution >= 0.6 is 0 Å². The number of hydrogen-bond acceptors (Lipinski definition) is 9. The van der Waals surface area contributed by atoms with Gasteiger partial charge in [-0.05, 0) is 36.4 Å². The lowest BCUT2D eigenvalue weighted by Gasteiger charge is -2.28. The largest absolute Gasteiger partial charge is 0.378 e. The molecule has 0 radical (unpaired) electrons. The first-order valence-corrected chi connectivity index (χ1v) is 12.5. The molecule has 4 heterocycles. The van der Waals surface area contributed by atoms with Crippen molar-refractivity contribution in [2.24, 2.45) is 0 Å². The number of para-hydroxylation sites is 1. The van der Waals surface area contributed by atoms with Crippen LogP contribution in [0.25, 0.3) is 21.9 Å². The van der Waals surface area contributed by atoms with Gasteiger partial charge in [0, 0.05) is 42.2 Å². The highest BCUT2D eigenvalue weighted by Crippen LogP contribution is 2.26. The quantitative estimate of drug-likeness (QED) is 0.399. The third-order valence-electron chi connectivity index (χ3n) is 5.88. The molecule has 1 aliphatic rings. The van der Waals surface area contributed by atoms with E-state index in [-0.39, 0.29) is 16.5 Å². The van der Waals surface area contributed by atoms with Crippen molar-refractivity contribution < 1.29 is 13.2 Å². The SMILES string of the molecule is O=S(=O)(c1cccc2cccnc12)n1ncc2cnc(Nc3ccc(N4CCOCC4)cc3)nc21. The summed E-state index contributed by atoms with van der Waals surface area (Å²) >= 11 is 0. The summed E-state index contributed by atoms with van der Waals surface area (Å²) in [6.07, 6.45) is 4.55. The lowest BCUT2D eigenvalue weighted by Crippen LogP contribution is -2.36. The van der Waals surface area contributed by atoms with Crippen molar-refractivity contribution in [3.63, 3.8) is 0 Å². The Kier molecular flexibility index (Phi) is 5.27. The second-order valence-corrected chi connectivity index (χ2v) is 9.80. The van der Waals surface area contributed by atoms with Gasteiger partial charge < -0.3 is 15.0 Å². The smallest absolute Gasteiger partial charge is 0.287 e. The van der Waals surface area contributed by atoms with Gasteiger partial charge in [-0.25, -0.2) is 4.98 Å². The summed E-state index contributed by atoms with van der Waals surface area (Å²) in [7, 11) is -4.05. The molecular weight excluding hydrogens is 466 g/mol. The molecular formula is C24H21N7O3S. The number of pyridine rings is 1. The Bertz CT molecular complexity index is 1620. The summed E-state index contributed by atoms with van der Waals surface area (Å²) in [6, 6.07) is 16.5. The number of fused-ring (bicyclic) bond motifs is 2. The van der Waals surface area contributed by atoms with E-state index in [1.54, 1.807) is 24.5 Å². The Morgan fingerprint density at radius 2 is 1.69 bits per heavy atom. The molecule has 3 aromatic heterocycles. The first-order chi connectivity index (χ1) is 17.1. The maximum Gasteiger partial charge on any atom is 0.287 e. The van der Waals surface area contributed by atoms with E-state index >= 15 is 0 Å². The molecule has 176 valence electrons. The van der Waals surface area contributed by atoms with Crippen molar-refractivity contribution in [3.05, 3.63) is 73.2 Å². The average molecular weight is 488 g/mol. The third-order valence-corrected chi connectivity index (χ3v) is 7.49. The molecule has 11 heteroatoms. The molecule has 0 spiro atoms. The fourth-order valence-electron chi connectivity index (χ4n) is 4.12. The number of morpholine rings is 1. The Morgan fingerprint density at radius 1 is 0.886 bits per heavy atom. The van der Waals surface area contributed by atoms with Crippen LogP contribution in [0, 0.1) is 0 Å². The van der Waals surface area contributed by atoms with Crippen LogP contribution in [-0.2, 0) is 14.8 Å². The molecule has 5 aromatic rings. The molecule has 6 rings (SSSR count). The van der Waals surface area contributed by atoms with E-state index in [1.165, 1.54) is 12.3 Å². The fraction of sp³-hybridized carbons (Fsp3) is 0.167. The van der Waals surface area contributed by atoms with Crippen LogP contribution in [0.4, 0.5) is 17.3 Å². The van der Waals surface area contributed by atoms with Crippen LogP contribution in [0.2, 0.25) is 0 Å². The van der Waals surface area contributed by atoms with E-state index in [0.29, 0.717) is 10.9 Å². The zero-order valence-corrected chi connectivity index (χ0v) is 19.4. The van der Waals surface area contributed by atoms with E-state index < -0.39 is 10.0 Å². The normalized spacial score (nSPS) is 14.5. The van der Waals surface area contributed by atoms with Crippen LogP contribution in [0.1, 0.15) is 0 Å². The summed E-state index contributed by atoms with van der Waals surface area (Å²) < 4.78 is 33.4. The minimum atomic E-state index is -4.05. The molecule has 0 atom stereocenters. The standard InChI is InChI=1S/C24H21N7O3S/c32-35(33,21-5-1-3-17-4-2-10-25-22(17)21)31-23-18(16-27-31)15-26-24(29-23)28-19-6-8-20(9-7-19)30-11-13-34-14-12-30/h1-10,15-16H,11-14H2,(H,26,28,29). The number of rotatable bonds is 5. The number of nitrogens with zero attached hydrogens (tertiary/aromatic N) is 6. The highest BCUT2D eigenvalue weighted by Gasteiger charge is 2.24. The molecule has 0 amide bonds. The molecule has 0 aliphatic carbocycles. The number of nitrogens with one attached hydrogen (secondary N) is 1. The zero-order chi connectivity index (χ0) is 23.8. The summed E-state index contributed by atoms with van der Waals surface area (Å²) in [5.74, 6) is 0.268. The lowest BCUT2D eigenvalue weighted by molar-refractivity contribution is 0.122. The minimum Gasteiger partial charge on any atom is -0.378 e. The molecule has 10 nitrogen and oxygen atoms in total. The topological polar surface area (TPSA) is 115 Å². The van der Waals surface area contributed by atoms with E-state index in [0.717, 1.165) is 47.2 Å². The molecule has 0 unspecified atom stereocenters. The van der Waals surface area contributed by atoms with E-state index in [4.69, 9.17) is 4.74 Å². The molecule has 0 bridgehead atoms. The molecule has 1 N–H and O–H groups in total. The van der Waals surface area contributed by atoms with Crippen molar-refractivity contribution in [1.29, 1.82) is 0 Å². The number of hydrogen-bond donors (Lipinski definition) is 1. The zero-order valence-electron chi connectivity index (χ0n) is 18.6. The first kappa shape index (κ1) is 21.4. The maximum atomic E-state index is 13.5. The van der Waals surface area contributed by atoms with Gasteiger partial charge in [-0.2, -0.15) is 18.5 Å². The summed E-state index contributed by atoms with van der Waals surface area (Å²) in [5, 5.41) is 8.50. The molecule has 1 fully saturated rings. The van der Waals surface area contributed by atoms with Crippen LogP contribution in [0.5, 0.6) is 0 Å². The Morgan fingerprint density at radius 3 is 2.51 bits per heavy atom. The van der Waals surface area contributed by atoms with Crippen molar-refractivity contribution in [3.8, 4) is 0 Å². The predicted octanol–water partition coefficient (Wildman–Crippen LogP) is 3.19. The van der Waals surface area contributed by atoms with Gasteiger partial charge in [-0.3, -0.25) is 4.98 Å². The Labute approximate surface area is 201 Å². The van der Waals surface area contributed by atoms with Crippen molar-refractivity contribution in [1.82, 2.24) is 24.1 Å². The minimum absolute atomic E-state index is 0.0624. The lowest BCUT2D eigenvalue weighted by atomic mass is 10.2. The number of ether oxygens (including phenoxy) is 1. The van der Waals surface area contributed by atoms with E-state index in [1.807, 2.05) is 36.4 Å². The van der Waals surface area contributed by atoms with E-state index in [9.17, 15) is 8.42 Å². The molecule has 1 saturated heterocycles. The van der Waals surface area contributed by atoms with Gasteiger partial charge >= 0.3 is 0 Å². The maximum absolute atomic E-state index is 13.5. The fourth-order valence-corrected chi connectivity index (χ4v) is 5.51. The van der Waals surface area contributed by atoms with Crippen molar-refractivity contribution in [2.75, 3.05) is 36.5 Å². The van der Waals surface area contributed by atoms with Crippen LogP contribution in [0.15, 0.2) is 78.1 Å². The second-order valence-electron chi connectivity index (χ2n) is 8.07. The summed E-state index contributed by atoms with van der Waals surface area (Å²) in [6.45, 7) is 3.16. The number of benzene rings is 2. The summed E-state index contributed by atoms with van der Waals surface area (Å²) in [4.78, 5) is 15.4. The first-order valence-electron chi connectivity index (χ1n) is 11.1. The average Bonchev–Trinajstić information content (AvgIpc) is 3.33. The van der Waals surface area contributed by atoms with E-state index in [2.05, 4.69) is 30.3 Å². The van der Waals surface area contributed by atoms with Gasteiger partial charge in [0.05, 0.1) is 30.3 Å². The summed E-state index contributed by atoms with van der Waals surface area (Å²) in [5.41, 5.74) is 2.46. The van der Waals surface area contributed by atoms with Gasteiger partial charge in [-0.15, -0.1) is 4.09 Å². The van der Waals surface area contributed by atoms with Crippen LogP contribution < -0.4 is 10.2 Å². The predicted molar refractivity (Wildman–Crippen MR) is 132 cm³/mol. The van der Waals surface area contributed by atoms with Crippen LogP contribution in [0.3, 0.4) is 0 Å². The molecule has 0 saturated carbocycles. The molecule has 1 aliphatic heterocycles. The highest BCUT2D eigenvalue weighted by atomic mass is 32.2. The molecule has 35 heavy (non-hydrogen) atoms. The van der Waals surface area contributed by atoms with Gasteiger partial charge in [-0.1, -0.05) is 18.2 Å². The number of anilines is 3. The highest BCUT2D eigenvalue weighted by molar-refractivity contribution is 7.90. The van der Waals surface area contributed by atoms with Crippen molar-refractivity contribution >= 4 is 49.3 Å². The third kappa shape index (κ3) is 3.94. The van der Waals surface area contributed by atoms with Crippen molar-refractivity contribution in [2.45, 2.75) is 4.90 Å². The van der Waals surface area contributed by atoms with Gasteiger partial charge in [0.2, 0.25) is 5.95 Å². The van der Waals surface area contributed by atoms with Gasteiger partial charge in [0.1, 0.15) is 4.90 Å². The second kappa shape index (κ2) is 8.60. The Hall–Kier alpha value is -4.09. The monoisotopic (exact) mass is 487 g/mol. The van der Waals surface area contributed by atoms with Gasteiger partial charge in [0.15, 0.2) is 5.65 Å². The molecule has 2 aromatic carbocycles. The van der Waals surface area contributed by atoms with Crippen LogP contribution in [-0.4, -0.2) is 58.9 Å².